The van der Waals surface area contributed by atoms with Crippen molar-refractivity contribution < 1.29 is 22.4 Å². The molecule has 0 N–H and O–H groups in total. The average molecular weight is 362 g/mol. The monoisotopic (exact) mass is 361 g/mol. The van der Waals surface area contributed by atoms with Crippen LogP contribution in [-0.2, 0) is 11.0 Å². The van der Waals surface area contributed by atoms with E-state index in [-0.39, 0.29) is 5.82 Å². The van der Waals surface area contributed by atoms with Crippen molar-refractivity contribution in [1.29, 1.82) is 0 Å². The Hall–Kier alpha value is -1.87. The number of pyridine rings is 1. The van der Waals surface area contributed by atoms with Gasteiger partial charge in [0.2, 0.25) is 6.23 Å². The second-order valence-electron chi connectivity index (χ2n) is 4.08. The van der Waals surface area contributed by atoms with E-state index in [2.05, 4.69) is 25.9 Å². The zero-order valence-electron chi connectivity index (χ0n) is 10.2. The molecule has 3 heterocycles. The van der Waals surface area contributed by atoms with Gasteiger partial charge in [-0.15, -0.1) is 0 Å². The number of furan rings is 1. The molecule has 0 saturated carbocycles. The summed E-state index contributed by atoms with van der Waals surface area (Å²) in [6.45, 7) is 0. The number of aromatic nitrogens is 1. The molecule has 1 atom stereocenters. The topological polar surface area (TPSA) is 50.9 Å². The first-order valence-electron chi connectivity index (χ1n) is 5.70. The van der Waals surface area contributed by atoms with Crippen LogP contribution in [-0.4, -0.2) is 11.3 Å². The molecule has 0 saturated heterocycles. The summed E-state index contributed by atoms with van der Waals surface area (Å²) in [5.74, 6) is 0.651. The van der Waals surface area contributed by atoms with Crippen LogP contribution >= 0.6 is 15.9 Å². The predicted octanol–water partition coefficient (Wildman–Crippen LogP) is 3.93. The number of hydrogen-bond acceptors (Lipinski definition) is 5. The summed E-state index contributed by atoms with van der Waals surface area (Å²) in [6, 6.07) is 3.82. The number of rotatable bonds is 2. The second kappa shape index (κ2) is 5.15. The third-order valence-corrected chi connectivity index (χ3v) is 3.35. The molecule has 0 spiro atoms. The number of anilines is 1. The molecule has 1 aliphatic rings. The Labute approximate surface area is 125 Å². The van der Waals surface area contributed by atoms with Crippen molar-refractivity contribution in [3.63, 3.8) is 0 Å². The molecule has 21 heavy (non-hydrogen) atoms. The molecular formula is C12H7BrF3N3O2. The van der Waals surface area contributed by atoms with Crippen molar-refractivity contribution in [3.8, 4) is 0 Å². The molecule has 1 unspecified atom stereocenters. The number of aliphatic imine (C=N–C) groups is 1. The van der Waals surface area contributed by atoms with E-state index in [0.717, 1.165) is 12.3 Å². The highest BCUT2D eigenvalue weighted by molar-refractivity contribution is 9.10. The van der Waals surface area contributed by atoms with E-state index in [9.17, 15) is 13.2 Å². The second-order valence-corrected chi connectivity index (χ2v) is 4.94. The maximum atomic E-state index is 12.5. The van der Waals surface area contributed by atoms with Crippen LogP contribution < -0.4 is 5.06 Å². The van der Waals surface area contributed by atoms with Gasteiger partial charge >= 0.3 is 6.18 Å². The van der Waals surface area contributed by atoms with Gasteiger partial charge < -0.3 is 4.42 Å². The Balaban J connectivity index is 1.75. The van der Waals surface area contributed by atoms with E-state index in [1.54, 1.807) is 6.07 Å². The summed E-state index contributed by atoms with van der Waals surface area (Å²) in [5, 5.41) is 1.18. The lowest BCUT2D eigenvalue weighted by atomic mass is 10.3. The molecule has 9 heteroatoms. The normalized spacial score (nSPS) is 18.5. The molecule has 2 aromatic rings. The van der Waals surface area contributed by atoms with Gasteiger partial charge in [-0.3, -0.25) is 0 Å². The van der Waals surface area contributed by atoms with Gasteiger partial charge in [0, 0.05) is 6.20 Å². The van der Waals surface area contributed by atoms with Gasteiger partial charge in [-0.25, -0.2) is 14.8 Å². The molecule has 110 valence electrons. The van der Waals surface area contributed by atoms with Crippen molar-refractivity contribution in [2.45, 2.75) is 12.4 Å². The molecular weight excluding hydrogens is 355 g/mol. The van der Waals surface area contributed by atoms with Crippen LogP contribution in [0.1, 0.15) is 17.6 Å². The van der Waals surface area contributed by atoms with Crippen LogP contribution in [0.3, 0.4) is 0 Å². The van der Waals surface area contributed by atoms with Crippen LogP contribution in [0.4, 0.5) is 19.0 Å². The molecule has 2 aromatic heterocycles. The van der Waals surface area contributed by atoms with Crippen LogP contribution in [0, 0.1) is 0 Å². The highest BCUT2D eigenvalue weighted by Gasteiger charge is 2.32. The Morgan fingerprint density at radius 1 is 1.24 bits per heavy atom. The van der Waals surface area contributed by atoms with Crippen LogP contribution in [0.5, 0.6) is 0 Å². The van der Waals surface area contributed by atoms with Crippen molar-refractivity contribution in [1.82, 2.24) is 4.98 Å². The van der Waals surface area contributed by atoms with Crippen molar-refractivity contribution >= 4 is 28.1 Å². The van der Waals surface area contributed by atoms with Crippen LogP contribution in [0.25, 0.3) is 0 Å². The Kier molecular flexibility index (Phi) is 3.46. The standard InChI is InChI=1S/C12H7BrF3N3O2/c13-8-3-4-20-10(8)11-18-6-19(21-11)9-2-1-7(5-17-9)12(14,15)16/h1-6,11H. The predicted molar refractivity (Wildman–Crippen MR) is 70.4 cm³/mol. The molecule has 0 aliphatic carbocycles. The first kappa shape index (κ1) is 14.1. The number of hydrogen-bond donors (Lipinski definition) is 0. The van der Waals surface area contributed by atoms with E-state index in [4.69, 9.17) is 9.25 Å². The Morgan fingerprint density at radius 3 is 2.62 bits per heavy atom. The Bertz CT molecular complexity index is 669. The highest BCUT2D eigenvalue weighted by atomic mass is 79.9. The molecule has 0 fully saturated rings. The lowest BCUT2D eigenvalue weighted by Gasteiger charge is -2.15. The third kappa shape index (κ3) is 2.79. The molecule has 0 bridgehead atoms. The molecule has 0 radical (unpaired) electrons. The van der Waals surface area contributed by atoms with Gasteiger partial charge in [0.25, 0.3) is 0 Å². The largest absolute Gasteiger partial charge is 0.463 e. The van der Waals surface area contributed by atoms with Gasteiger partial charge in [0.15, 0.2) is 11.6 Å². The SMILES string of the molecule is FC(F)(F)c1ccc(N2C=NC(c3occc3Br)O2)nc1. The third-order valence-electron chi connectivity index (χ3n) is 2.69. The fourth-order valence-electron chi connectivity index (χ4n) is 1.68. The minimum Gasteiger partial charge on any atom is -0.463 e. The van der Waals surface area contributed by atoms with Crippen LogP contribution in [0.2, 0.25) is 0 Å². The number of alkyl halides is 3. The number of hydroxylamine groups is 1. The zero-order valence-corrected chi connectivity index (χ0v) is 11.8. The molecule has 1 aliphatic heterocycles. The van der Waals surface area contributed by atoms with Gasteiger partial charge in [0.1, 0.15) is 6.34 Å². The van der Waals surface area contributed by atoms with E-state index in [1.165, 1.54) is 23.7 Å². The van der Waals surface area contributed by atoms with E-state index in [0.29, 0.717) is 10.2 Å². The first-order valence-corrected chi connectivity index (χ1v) is 6.50. The van der Waals surface area contributed by atoms with E-state index < -0.39 is 18.0 Å². The minimum atomic E-state index is -4.42. The lowest BCUT2D eigenvalue weighted by molar-refractivity contribution is -0.137. The van der Waals surface area contributed by atoms with Crippen molar-refractivity contribution in [2.24, 2.45) is 4.99 Å². The fourth-order valence-corrected chi connectivity index (χ4v) is 2.07. The van der Waals surface area contributed by atoms with E-state index >= 15 is 0 Å². The molecule has 3 rings (SSSR count). The van der Waals surface area contributed by atoms with Gasteiger partial charge in [-0.2, -0.15) is 18.2 Å². The van der Waals surface area contributed by atoms with Crippen molar-refractivity contribution in [2.75, 3.05) is 5.06 Å². The Morgan fingerprint density at radius 2 is 2.05 bits per heavy atom. The average Bonchev–Trinajstić information content (AvgIpc) is 3.06. The van der Waals surface area contributed by atoms with Crippen molar-refractivity contribution in [3.05, 3.63) is 46.5 Å². The van der Waals surface area contributed by atoms with Gasteiger partial charge in [-0.05, 0) is 34.1 Å². The van der Waals surface area contributed by atoms with Gasteiger partial charge in [-0.1, -0.05) is 0 Å². The summed E-state index contributed by atoms with van der Waals surface area (Å²) in [7, 11) is 0. The summed E-state index contributed by atoms with van der Waals surface area (Å²) in [5.41, 5.74) is -0.826. The highest BCUT2D eigenvalue weighted by Crippen LogP contribution is 2.33. The summed E-state index contributed by atoms with van der Waals surface area (Å²) >= 11 is 3.28. The summed E-state index contributed by atoms with van der Waals surface area (Å²) in [4.78, 5) is 13.2. The summed E-state index contributed by atoms with van der Waals surface area (Å²) < 4.78 is 43.3. The minimum absolute atomic E-state index is 0.192. The maximum Gasteiger partial charge on any atom is 0.417 e. The quantitative estimate of drug-likeness (QED) is 0.812. The number of nitrogens with zero attached hydrogens (tertiary/aromatic N) is 3. The van der Waals surface area contributed by atoms with Gasteiger partial charge in [0.05, 0.1) is 16.3 Å². The first-order chi connectivity index (χ1) is 9.95. The zero-order chi connectivity index (χ0) is 15.0. The summed E-state index contributed by atoms with van der Waals surface area (Å²) in [6.07, 6.45) is -1.60. The fraction of sp³-hybridized carbons (Fsp3) is 0.167. The maximum absolute atomic E-state index is 12.5. The lowest BCUT2D eigenvalue weighted by Crippen LogP contribution is -2.18. The van der Waals surface area contributed by atoms with E-state index in [1.807, 2.05) is 0 Å². The smallest absolute Gasteiger partial charge is 0.417 e. The molecule has 0 amide bonds. The molecule has 0 aromatic carbocycles. The van der Waals surface area contributed by atoms with Crippen LogP contribution in [0.15, 0.2) is 44.5 Å². The molecule has 5 nitrogen and oxygen atoms in total. The number of halogens is 4.